The van der Waals surface area contributed by atoms with Crippen LogP contribution in [0.15, 0.2) is 38.8 Å². The largest absolute Gasteiger partial charge is 0.443 e. The second-order valence-electron chi connectivity index (χ2n) is 5.87. The highest BCUT2D eigenvalue weighted by molar-refractivity contribution is 5.78. The number of hydrogen-bond donors (Lipinski definition) is 1. The van der Waals surface area contributed by atoms with Crippen LogP contribution in [-0.4, -0.2) is 26.7 Å². The van der Waals surface area contributed by atoms with Gasteiger partial charge in [0.15, 0.2) is 5.90 Å². The molecule has 0 saturated carbocycles. The molecular formula is C18H23N3O4. The summed E-state index contributed by atoms with van der Waals surface area (Å²) in [5, 5.41) is 8.92. The van der Waals surface area contributed by atoms with Gasteiger partial charge in [-0.3, -0.25) is 13.9 Å². The van der Waals surface area contributed by atoms with E-state index in [1.54, 1.807) is 20.9 Å². The van der Waals surface area contributed by atoms with Crippen molar-refractivity contribution in [3.63, 3.8) is 0 Å². The van der Waals surface area contributed by atoms with Crippen LogP contribution in [0.4, 0.5) is 5.82 Å². The van der Waals surface area contributed by atoms with Crippen molar-refractivity contribution in [1.82, 2.24) is 9.13 Å². The summed E-state index contributed by atoms with van der Waals surface area (Å²) in [4.78, 5) is 29.1. The minimum absolute atomic E-state index is 0.0853. The Morgan fingerprint density at radius 1 is 1.20 bits per heavy atom. The van der Waals surface area contributed by atoms with Gasteiger partial charge in [-0.1, -0.05) is 17.7 Å². The third-order valence-electron chi connectivity index (χ3n) is 3.83. The van der Waals surface area contributed by atoms with Crippen LogP contribution in [0.1, 0.15) is 24.5 Å². The van der Waals surface area contributed by atoms with Crippen LogP contribution in [-0.2, 0) is 13.6 Å². The van der Waals surface area contributed by atoms with Crippen molar-refractivity contribution in [2.75, 3.05) is 6.61 Å². The Bertz CT molecular complexity index is 855. The summed E-state index contributed by atoms with van der Waals surface area (Å²) < 4.78 is 8.08. The SMILES string of the molecule is CC(=Nc1c(C)c(=O)n(CCCO)c(=O)n1C)Oc1ccc(C)cc1. The van der Waals surface area contributed by atoms with Gasteiger partial charge < -0.3 is 9.84 Å². The first-order valence-corrected chi connectivity index (χ1v) is 8.06. The number of aryl methyl sites for hydroxylation is 1. The van der Waals surface area contributed by atoms with E-state index in [-0.39, 0.29) is 19.0 Å². The fourth-order valence-corrected chi connectivity index (χ4v) is 2.44. The summed E-state index contributed by atoms with van der Waals surface area (Å²) in [6.45, 7) is 5.36. The fraction of sp³-hybridized carbons (Fsp3) is 0.389. The van der Waals surface area contributed by atoms with Crippen molar-refractivity contribution in [2.24, 2.45) is 12.0 Å². The van der Waals surface area contributed by atoms with E-state index in [1.807, 2.05) is 31.2 Å². The van der Waals surface area contributed by atoms with E-state index in [0.29, 0.717) is 23.6 Å². The first kappa shape index (κ1) is 18.7. The van der Waals surface area contributed by atoms with Gasteiger partial charge in [-0.05, 0) is 32.4 Å². The zero-order valence-corrected chi connectivity index (χ0v) is 14.9. The molecule has 0 radical (unpaired) electrons. The third kappa shape index (κ3) is 4.24. The lowest BCUT2D eigenvalue weighted by Gasteiger charge is -2.12. The molecule has 0 aliphatic heterocycles. The smallest absolute Gasteiger partial charge is 0.332 e. The van der Waals surface area contributed by atoms with E-state index < -0.39 is 11.2 Å². The molecule has 0 spiro atoms. The molecule has 0 fully saturated rings. The van der Waals surface area contributed by atoms with Gasteiger partial charge in [0.05, 0.1) is 5.56 Å². The number of rotatable bonds is 5. The predicted molar refractivity (Wildman–Crippen MR) is 97.0 cm³/mol. The fourth-order valence-electron chi connectivity index (χ4n) is 2.44. The van der Waals surface area contributed by atoms with Crippen LogP contribution >= 0.6 is 0 Å². The highest BCUT2D eigenvalue weighted by Crippen LogP contribution is 2.15. The monoisotopic (exact) mass is 345 g/mol. The number of ether oxygens (including phenoxy) is 1. The van der Waals surface area contributed by atoms with E-state index in [9.17, 15) is 9.59 Å². The van der Waals surface area contributed by atoms with E-state index in [4.69, 9.17) is 9.84 Å². The lowest BCUT2D eigenvalue weighted by atomic mass is 10.2. The van der Waals surface area contributed by atoms with Crippen LogP contribution in [0.25, 0.3) is 0 Å². The maximum atomic E-state index is 12.4. The van der Waals surface area contributed by atoms with Gasteiger partial charge in [0, 0.05) is 27.1 Å². The van der Waals surface area contributed by atoms with Gasteiger partial charge in [0.2, 0.25) is 0 Å². The standard InChI is InChI=1S/C18H23N3O4/c1-12-6-8-15(9-7-12)25-14(3)19-16-13(2)17(23)21(10-5-11-22)18(24)20(16)4/h6-9,22H,5,10-11H2,1-4H3. The molecule has 1 N–H and O–H groups in total. The van der Waals surface area contributed by atoms with Crippen molar-refractivity contribution in [1.29, 1.82) is 0 Å². The van der Waals surface area contributed by atoms with Crippen molar-refractivity contribution >= 4 is 11.7 Å². The first-order chi connectivity index (χ1) is 11.8. The first-order valence-electron chi connectivity index (χ1n) is 8.06. The number of benzene rings is 1. The molecule has 0 aliphatic carbocycles. The Morgan fingerprint density at radius 3 is 2.44 bits per heavy atom. The lowest BCUT2D eigenvalue weighted by molar-refractivity contribution is 0.277. The zero-order chi connectivity index (χ0) is 18.6. The molecule has 0 atom stereocenters. The number of aliphatic hydroxyl groups excluding tert-OH is 1. The van der Waals surface area contributed by atoms with Gasteiger partial charge in [-0.15, -0.1) is 0 Å². The maximum Gasteiger partial charge on any atom is 0.332 e. The van der Waals surface area contributed by atoms with E-state index >= 15 is 0 Å². The Hall–Kier alpha value is -2.67. The van der Waals surface area contributed by atoms with Gasteiger partial charge in [-0.2, -0.15) is 4.99 Å². The number of aliphatic imine (C=N–C) groups is 1. The summed E-state index contributed by atoms with van der Waals surface area (Å²) in [6.07, 6.45) is 0.340. The second kappa shape index (κ2) is 7.94. The molecule has 7 heteroatoms. The molecule has 2 aromatic rings. The molecular weight excluding hydrogens is 322 g/mol. The molecule has 25 heavy (non-hydrogen) atoms. The number of aromatic nitrogens is 2. The van der Waals surface area contributed by atoms with Gasteiger partial charge in [0.25, 0.3) is 5.56 Å². The molecule has 0 bridgehead atoms. The minimum atomic E-state index is -0.467. The van der Waals surface area contributed by atoms with E-state index in [0.717, 1.165) is 10.1 Å². The summed E-state index contributed by atoms with van der Waals surface area (Å²) >= 11 is 0. The molecule has 1 aromatic carbocycles. The Morgan fingerprint density at radius 2 is 1.84 bits per heavy atom. The van der Waals surface area contributed by atoms with Gasteiger partial charge in [0.1, 0.15) is 11.6 Å². The van der Waals surface area contributed by atoms with Crippen molar-refractivity contribution < 1.29 is 9.84 Å². The molecule has 0 saturated heterocycles. The molecule has 134 valence electrons. The summed E-state index contributed by atoms with van der Waals surface area (Å²) in [5.41, 5.74) is 0.600. The maximum absolute atomic E-state index is 12.4. The highest BCUT2D eigenvalue weighted by atomic mass is 16.5. The van der Waals surface area contributed by atoms with Gasteiger partial charge in [-0.25, -0.2) is 4.79 Å². The minimum Gasteiger partial charge on any atom is -0.443 e. The summed E-state index contributed by atoms with van der Waals surface area (Å²) in [7, 11) is 1.56. The summed E-state index contributed by atoms with van der Waals surface area (Å²) in [5.74, 6) is 1.22. The summed E-state index contributed by atoms with van der Waals surface area (Å²) in [6, 6.07) is 7.50. The van der Waals surface area contributed by atoms with Crippen LogP contribution in [0.2, 0.25) is 0 Å². The third-order valence-corrected chi connectivity index (χ3v) is 3.83. The van der Waals surface area contributed by atoms with Crippen LogP contribution in [0.5, 0.6) is 5.75 Å². The van der Waals surface area contributed by atoms with E-state index in [2.05, 4.69) is 4.99 Å². The Kier molecular flexibility index (Phi) is 5.93. The number of aliphatic hydroxyl groups is 1. The van der Waals surface area contributed by atoms with Gasteiger partial charge >= 0.3 is 5.69 Å². The molecule has 1 aromatic heterocycles. The topological polar surface area (TPSA) is 85.8 Å². The molecule has 2 rings (SSSR count). The van der Waals surface area contributed by atoms with E-state index in [1.165, 1.54) is 4.57 Å². The number of nitrogens with zero attached hydrogens (tertiary/aromatic N) is 3. The average Bonchev–Trinajstić information content (AvgIpc) is 2.59. The second-order valence-corrected chi connectivity index (χ2v) is 5.87. The number of hydrogen-bond acceptors (Lipinski definition) is 5. The molecule has 0 unspecified atom stereocenters. The Labute approximate surface area is 145 Å². The van der Waals surface area contributed by atoms with Crippen molar-refractivity contribution in [2.45, 2.75) is 33.7 Å². The quantitative estimate of drug-likeness (QED) is 0.660. The normalized spacial score (nSPS) is 11.6. The highest BCUT2D eigenvalue weighted by Gasteiger charge is 2.14. The average molecular weight is 345 g/mol. The molecule has 0 aliphatic rings. The lowest BCUT2D eigenvalue weighted by Crippen LogP contribution is -2.40. The zero-order valence-electron chi connectivity index (χ0n) is 14.9. The molecule has 0 amide bonds. The van der Waals surface area contributed by atoms with Crippen molar-refractivity contribution in [3.05, 3.63) is 56.2 Å². The Balaban J connectivity index is 2.40. The van der Waals surface area contributed by atoms with Crippen LogP contribution in [0.3, 0.4) is 0 Å². The van der Waals surface area contributed by atoms with Crippen LogP contribution in [0, 0.1) is 13.8 Å². The van der Waals surface area contributed by atoms with Crippen molar-refractivity contribution in [3.8, 4) is 5.75 Å². The molecule has 1 heterocycles. The predicted octanol–water partition coefficient (Wildman–Crippen LogP) is 1.68. The molecule has 7 nitrogen and oxygen atoms in total. The van der Waals surface area contributed by atoms with Crippen LogP contribution < -0.4 is 16.0 Å².